The van der Waals surface area contributed by atoms with E-state index in [1.54, 1.807) is 0 Å². The molecule has 108 valence electrons. The molecule has 3 rings (SSSR count). The molecule has 0 atom stereocenters. The van der Waals surface area contributed by atoms with Gasteiger partial charge in [-0.3, -0.25) is 0 Å². The van der Waals surface area contributed by atoms with Crippen molar-refractivity contribution in [2.75, 3.05) is 11.5 Å². The van der Waals surface area contributed by atoms with Crippen LogP contribution in [0.15, 0.2) is 18.2 Å². The van der Waals surface area contributed by atoms with Crippen molar-refractivity contribution in [3.63, 3.8) is 0 Å². The van der Waals surface area contributed by atoms with Gasteiger partial charge in [0.15, 0.2) is 5.13 Å². The average Bonchev–Trinajstić information content (AvgIpc) is 2.74. The molecule has 21 heavy (non-hydrogen) atoms. The van der Waals surface area contributed by atoms with Crippen LogP contribution in [0.5, 0.6) is 0 Å². The van der Waals surface area contributed by atoms with Gasteiger partial charge in [0.1, 0.15) is 0 Å². The van der Waals surface area contributed by atoms with Gasteiger partial charge in [-0.25, -0.2) is 4.98 Å². The molecular weight excluding hydrogens is 278 g/mol. The molecule has 4 heteroatoms. The van der Waals surface area contributed by atoms with Crippen LogP contribution in [0.3, 0.4) is 0 Å². The van der Waals surface area contributed by atoms with E-state index in [4.69, 9.17) is 11.5 Å². The average molecular weight is 297 g/mol. The van der Waals surface area contributed by atoms with Crippen molar-refractivity contribution < 1.29 is 0 Å². The van der Waals surface area contributed by atoms with Crippen LogP contribution >= 0.6 is 11.3 Å². The van der Waals surface area contributed by atoms with Gasteiger partial charge in [0.25, 0.3) is 0 Å². The first-order valence-electron chi connectivity index (χ1n) is 6.91. The normalized spacial score (nSPS) is 11.2. The molecule has 0 spiro atoms. The van der Waals surface area contributed by atoms with E-state index in [1.165, 1.54) is 33.6 Å². The van der Waals surface area contributed by atoms with Crippen LogP contribution in [0, 0.1) is 27.7 Å². The fraction of sp³-hybridized carbons (Fsp3) is 0.235. The van der Waals surface area contributed by atoms with Crippen molar-refractivity contribution in [2.45, 2.75) is 27.7 Å². The Hall–Kier alpha value is -2.07. The number of thiazole rings is 1. The summed E-state index contributed by atoms with van der Waals surface area (Å²) in [4.78, 5) is 4.53. The van der Waals surface area contributed by atoms with Crippen LogP contribution in [-0.2, 0) is 0 Å². The highest BCUT2D eigenvalue weighted by molar-refractivity contribution is 7.22. The Morgan fingerprint density at radius 3 is 2.05 bits per heavy atom. The third kappa shape index (κ3) is 2.16. The lowest BCUT2D eigenvalue weighted by Crippen LogP contribution is -1.96. The molecular formula is C17H19N3S. The number of nitrogens with two attached hydrogens (primary N) is 2. The third-order valence-electron chi connectivity index (χ3n) is 3.84. The highest BCUT2D eigenvalue weighted by Gasteiger charge is 2.17. The van der Waals surface area contributed by atoms with E-state index < -0.39 is 0 Å². The zero-order chi connectivity index (χ0) is 15.3. The summed E-state index contributed by atoms with van der Waals surface area (Å²) >= 11 is 1.45. The summed E-state index contributed by atoms with van der Waals surface area (Å²) in [6.07, 6.45) is 0. The fourth-order valence-electron chi connectivity index (χ4n) is 3.15. The predicted octanol–water partition coefficient (Wildman–Crippen LogP) is 4.36. The Balaban J connectivity index is 2.46. The largest absolute Gasteiger partial charge is 0.398 e. The van der Waals surface area contributed by atoms with Crippen LogP contribution in [0.1, 0.15) is 22.3 Å². The maximum Gasteiger partial charge on any atom is 0.181 e. The fourth-order valence-corrected chi connectivity index (χ4v) is 3.92. The molecule has 0 fully saturated rings. The number of aromatic nitrogens is 1. The third-order valence-corrected chi connectivity index (χ3v) is 4.77. The van der Waals surface area contributed by atoms with Gasteiger partial charge in [-0.15, -0.1) is 0 Å². The molecule has 2 aromatic carbocycles. The summed E-state index contributed by atoms with van der Waals surface area (Å²) in [5, 5.41) is 0.561. The van der Waals surface area contributed by atoms with Gasteiger partial charge < -0.3 is 11.5 Å². The van der Waals surface area contributed by atoms with Crippen LogP contribution in [-0.4, -0.2) is 4.98 Å². The quantitative estimate of drug-likeness (QED) is 0.656. The first kappa shape index (κ1) is 13.9. The zero-order valence-corrected chi connectivity index (χ0v) is 13.6. The second-order valence-electron chi connectivity index (χ2n) is 5.66. The van der Waals surface area contributed by atoms with Crippen molar-refractivity contribution >= 4 is 32.4 Å². The first-order chi connectivity index (χ1) is 9.88. The number of aryl methyl sites for hydroxylation is 4. The molecule has 3 nitrogen and oxygen atoms in total. The Morgan fingerprint density at radius 1 is 0.857 bits per heavy atom. The van der Waals surface area contributed by atoms with E-state index in [0.29, 0.717) is 5.13 Å². The van der Waals surface area contributed by atoms with Crippen molar-refractivity contribution in [3.05, 3.63) is 40.5 Å². The minimum atomic E-state index is 0.561. The highest BCUT2D eigenvalue weighted by Crippen LogP contribution is 2.41. The molecule has 3 aromatic rings. The molecule has 0 unspecified atom stereocenters. The summed E-state index contributed by atoms with van der Waals surface area (Å²) in [6.45, 7) is 8.49. The molecule has 1 aromatic heterocycles. The lowest BCUT2D eigenvalue weighted by Gasteiger charge is -2.15. The van der Waals surface area contributed by atoms with Crippen LogP contribution in [0.4, 0.5) is 10.8 Å². The van der Waals surface area contributed by atoms with E-state index in [0.717, 1.165) is 27.0 Å². The number of nitrogen functional groups attached to an aromatic ring is 2. The summed E-state index contributed by atoms with van der Waals surface area (Å²) in [7, 11) is 0. The minimum Gasteiger partial charge on any atom is -0.398 e. The maximum atomic E-state index is 6.13. The van der Waals surface area contributed by atoms with Crippen LogP contribution in [0.25, 0.3) is 21.3 Å². The minimum absolute atomic E-state index is 0.561. The second-order valence-corrected chi connectivity index (χ2v) is 6.69. The first-order valence-corrected chi connectivity index (χ1v) is 7.73. The van der Waals surface area contributed by atoms with E-state index in [2.05, 4.69) is 44.8 Å². The lowest BCUT2D eigenvalue weighted by molar-refractivity contribution is 1.31. The maximum absolute atomic E-state index is 6.13. The van der Waals surface area contributed by atoms with Gasteiger partial charge in [0, 0.05) is 5.56 Å². The van der Waals surface area contributed by atoms with Crippen molar-refractivity contribution in [1.29, 1.82) is 0 Å². The Bertz CT molecular complexity index is 839. The second kappa shape index (κ2) is 4.74. The van der Waals surface area contributed by atoms with Gasteiger partial charge in [-0.1, -0.05) is 29.0 Å². The Labute approximate surface area is 128 Å². The number of anilines is 2. The molecule has 0 aliphatic carbocycles. The molecule has 1 heterocycles. The van der Waals surface area contributed by atoms with Gasteiger partial charge in [0.05, 0.1) is 15.9 Å². The van der Waals surface area contributed by atoms with Crippen molar-refractivity contribution in [3.8, 4) is 11.1 Å². The summed E-state index contributed by atoms with van der Waals surface area (Å²) in [5.41, 5.74) is 21.0. The number of nitrogens with zero attached hydrogens (tertiary/aromatic N) is 1. The highest BCUT2D eigenvalue weighted by atomic mass is 32.1. The monoisotopic (exact) mass is 297 g/mol. The topological polar surface area (TPSA) is 64.9 Å². The lowest BCUT2D eigenvalue weighted by atomic mass is 9.90. The van der Waals surface area contributed by atoms with Crippen molar-refractivity contribution in [1.82, 2.24) is 4.98 Å². The SMILES string of the molecule is Cc1cc(C)c(-c2c(C)cc(N)c3sc(N)nc23)c(C)c1. The number of rotatable bonds is 1. The summed E-state index contributed by atoms with van der Waals surface area (Å²) in [6, 6.07) is 6.44. The molecule has 0 radical (unpaired) electrons. The van der Waals surface area contributed by atoms with E-state index >= 15 is 0 Å². The summed E-state index contributed by atoms with van der Waals surface area (Å²) in [5.74, 6) is 0. The molecule has 0 bridgehead atoms. The van der Waals surface area contributed by atoms with Gasteiger partial charge >= 0.3 is 0 Å². The number of hydrogen-bond donors (Lipinski definition) is 2. The zero-order valence-electron chi connectivity index (χ0n) is 12.7. The van der Waals surface area contributed by atoms with Crippen molar-refractivity contribution in [2.24, 2.45) is 0 Å². The molecule has 0 aliphatic rings. The smallest absolute Gasteiger partial charge is 0.181 e. The van der Waals surface area contributed by atoms with Gasteiger partial charge in [-0.05, 0) is 56.0 Å². The standard InChI is InChI=1S/C17H19N3S/c1-8-5-9(2)13(10(3)6-8)14-11(4)7-12(18)16-15(14)20-17(19)21-16/h5-7H,18H2,1-4H3,(H2,19,20). The molecule has 0 saturated heterocycles. The van der Waals surface area contributed by atoms with E-state index in [-0.39, 0.29) is 0 Å². The molecule has 0 amide bonds. The van der Waals surface area contributed by atoms with E-state index in [9.17, 15) is 0 Å². The van der Waals surface area contributed by atoms with E-state index in [1.807, 2.05) is 6.07 Å². The van der Waals surface area contributed by atoms with Gasteiger partial charge in [0.2, 0.25) is 0 Å². The molecule has 0 saturated carbocycles. The number of benzene rings is 2. The summed E-state index contributed by atoms with van der Waals surface area (Å²) < 4.78 is 0.979. The number of fused-ring (bicyclic) bond motifs is 1. The Kier molecular flexibility index (Phi) is 3.14. The number of hydrogen-bond acceptors (Lipinski definition) is 4. The predicted molar refractivity (Wildman–Crippen MR) is 92.8 cm³/mol. The molecule has 4 N–H and O–H groups in total. The van der Waals surface area contributed by atoms with Crippen LogP contribution in [0.2, 0.25) is 0 Å². The Morgan fingerprint density at radius 2 is 1.43 bits per heavy atom. The van der Waals surface area contributed by atoms with Crippen LogP contribution < -0.4 is 11.5 Å². The van der Waals surface area contributed by atoms with Gasteiger partial charge in [-0.2, -0.15) is 0 Å². The molecule has 0 aliphatic heterocycles.